The van der Waals surface area contributed by atoms with E-state index in [0.717, 1.165) is 11.5 Å². The fourth-order valence-corrected chi connectivity index (χ4v) is 2.11. The third kappa shape index (κ3) is 1.28. The quantitative estimate of drug-likeness (QED) is 0.826. The Hall–Kier alpha value is -0.790. The van der Waals surface area contributed by atoms with Gasteiger partial charge in [-0.05, 0) is 28.4 Å². The molecule has 7 heteroatoms. The van der Waals surface area contributed by atoms with Crippen molar-refractivity contribution in [3.05, 3.63) is 16.4 Å². The molecule has 0 spiro atoms. The van der Waals surface area contributed by atoms with Gasteiger partial charge in [-0.3, -0.25) is 9.69 Å². The van der Waals surface area contributed by atoms with E-state index in [9.17, 15) is 9.90 Å². The summed E-state index contributed by atoms with van der Waals surface area (Å²) in [4.78, 5) is 16.7. The smallest absolute Gasteiger partial charge is 0.269 e. The van der Waals surface area contributed by atoms with Gasteiger partial charge in [0.15, 0.2) is 6.23 Å². The number of aliphatic hydroxyl groups excluding tert-OH is 1. The highest BCUT2D eigenvalue weighted by molar-refractivity contribution is 9.12. The van der Waals surface area contributed by atoms with Crippen LogP contribution in [0.2, 0.25) is 0 Å². The monoisotopic (exact) mass is 275 g/mol. The van der Waals surface area contributed by atoms with Gasteiger partial charge in [-0.15, -0.1) is 0 Å². The van der Waals surface area contributed by atoms with E-state index in [4.69, 9.17) is 0 Å². The summed E-state index contributed by atoms with van der Waals surface area (Å²) in [6.07, 6.45) is 0.409. The van der Waals surface area contributed by atoms with Crippen molar-refractivity contribution < 1.29 is 9.90 Å². The summed E-state index contributed by atoms with van der Waals surface area (Å²) in [6, 6.07) is 0. The van der Waals surface area contributed by atoms with Gasteiger partial charge in [-0.1, -0.05) is 0 Å². The van der Waals surface area contributed by atoms with E-state index in [-0.39, 0.29) is 5.91 Å². The molecule has 1 aliphatic rings. The lowest BCUT2D eigenvalue weighted by Crippen LogP contribution is -2.34. The molecule has 0 radical (unpaired) electrons. The molecule has 74 valence electrons. The first-order valence-electron chi connectivity index (χ1n) is 3.77. The van der Waals surface area contributed by atoms with Crippen molar-refractivity contribution in [2.45, 2.75) is 13.2 Å². The van der Waals surface area contributed by atoms with Crippen LogP contribution in [0.15, 0.2) is 16.4 Å². The first-order valence-corrected chi connectivity index (χ1v) is 5.34. The van der Waals surface area contributed by atoms with Gasteiger partial charge in [-0.2, -0.15) is 4.37 Å². The van der Waals surface area contributed by atoms with Crippen LogP contribution in [0.5, 0.6) is 0 Å². The molecule has 0 saturated carbocycles. The molecular formula is C7H6BrN3O2S. The normalized spacial score (nSPS) is 22.4. The van der Waals surface area contributed by atoms with E-state index in [1.54, 1.807) is 6.92 Å². The highest BCUT2D eigenvalue weighted by atomic mass is 79.9. The van der Waals surface area contributed by atoms with E-state index in [1.165, 1.54) is 11.2 Å². The lowest BCUT2D eigenvalue weighted by atomic mass is 10.3. The van der Waals surface area contributed by atoms with Crippen LogP contribution in [-0.4, -0.2) is 26.6 Å². The van der Waals surface area contributed by atoms with Crippen molar-refractivity contribution in [2.24, 2.45) is 0 Å². The van der Waals surface area contributed by atoms with Gasteiger partial charge in [0.05, 0.1) is 4.48 Å². The third-order valence-corrected chi connectivity index (χ3v) is 3.57. The number of halogens is 1. The van der Waals surface area contributed by atoms with Gasteiger partial charge in [0, 0.05) is 11.5 Å². The summed E-state index contributed by atoms with van der Waals surface area (Å²) in [5.41, 5.74) is 0.588. The highest BCUT2D eigenvalue weighted by Crippen LogP contribution is 2.32. The van der Waals surface area contributed by atoms with E-state index in [2.05, 4.69) is 25.3 Å². The van der Waals surface area contributed by atoms with Gasteiger partial charge < -0.3 is 5.11 Å². The van der Waals surface area contributed by atoms with E-state index < -0.39 is 6.23 Å². The number of rotatable bonds is 1. The Kier molecular flexibility index (Phi) is 2.38. The molecular weight excluding hydrogens is 270 g/mol. The van der Waals surface area contributed by atoms with Gasteiger partial charge in [0.25, 0.3) is 5.91 Å². The number of anilines is 1. The standard InChI is InChI=1S/C7H6BrN3O2S/c1-3-4(8)6(13)11(5(3)12)7-9-2-10-14-7/h2,5,12H,1H3. The molecule has 1 amide bonds. The first-order chi connectivity index (χ1) is 6.63. The molecule has 14 heavy (non-hydrogen) atoms. The number of hydrogen-bond acceptors (Lipinski definition) is 5. The van der Waals surface area contributed by atoms with Crippen LogP contribution in [0, 0.1) is 0 Å². The largest absolute Gasteiger partial charge is 0.369 e. The van der Waals surface area contributed by atoms with E-state index >= 15 is 0 Å². The Bertz CT molecular complexity index is 403. The molecule has 1 aromatic heterocycles. The van der Waals surface area contributed by atoms with Crippen LogP contribution in [0.4, 0.5) is 5.13 Å². The Morgan fingerprint density at radius 1 is 1.71 bits per heavy atom. The van der Waals surface area contributed by atoms with Crippen LogP contribution >= 0.6 is 27.5 Å². The lowest BCUT2D eigenvalue weighted by Gasteiger charge is -2.17. The minimum atomic E-state index is -0.940. The molecule has 0 aromatic carbocycles. The van der Waals surface area contributed by atoms with Gasteiger partial charge in [0.2, 0.25) is 5.13 Å². The molecule has 2 heterocycles. The molecule has 1 aromatic rings. The molecule has 0 saturated heterocycles. The molecule has 0 aliphatic carbocycles. The molecule has 5 nitrogen and oxygen atoms in total. The van der Waals surface area contributed by atoms with Crippen LogP contribution < -0.4 is 4.90 Å². The average Bonchev–Trinajstić information content (AvgIpc) is 2.73. The van der Waals surface area contributed by atoms with Crippen LogP contribution in [-0.2, 0) is 4.79 Å². The molecule has 1 N–H and O–H groups in total. The summed E-state index contributed by atoms with van der Waals surface area (Å²) < 4.78 is 4.17. The Morgan fingerprint density at radius 3 is 2.86 bits per heavy atom. The predicted octanol–water partition coefficient (Wildman–Crippen LogP) is 0.872. The van der Waals surface area contributed by atoms with Crippen LogP contribution in [0.25, 0.3) is 0 Å². The zero-order chi connectivity index (χ0) is 10.3. The molecule has 0 bridgehead atoms. The first kappa shape index (κ1) is 9.75. The number of nitrogens with zero attached hydrogens (tertiary/aromatic N) is 3. The lowest BCUT2D eigenvalue weighted by molar-refractivity contribution is -0.114. The number of amides is 1. The summed E-state index contributed by atoms with van der Waals surface area (Å²) in [7, 11) is 0. The average molecular weight is 276 g/mol. The van der Waals surface area contributed by atoms with Crippen molar-refractivity contribution in [3.63, 3.8) is 0 Å². The van der Waals surface area contributed by atoms with Crippen LogP contribution in [0.3, 0.4) is 0 Å². The van der Waals surface area contributed by atoms with Gasteiger partial charge in [0.1, 0.15) is 6.33 Å². The summed E-state index contributed by atoms with van der Waals surface area (Å²) >= 11 is 4.19. The number of hydrogen-bond donors (Lipinski definition) is 1. The SMILES string of the molecule is CC1=C(Br)C(=O)N(c2ncns2)C1O. The van der Waals surface area contributed by atoms with Gasteiger partial charge >= 0.3 is 0 Å². The maximum atomic E-state index is 11.6. The molecule has 1 atom stereocenters. The van der Waals surface area contributed by atoms with Gasteiger partial charge in [-0.25, -0.2) is 4.98 Å². The fraction of sp³-hybridized carbons (Fsp3) is 0.286. The second-order valence-electron chi connectivity index (χ2n) is 2.77. The zero-order valence-electron chi connectivity index (χ0n) is 7.14. The molecule has 0 fully saturated rings. The summed E-state index contributed by atoms with van der Waals surface area (Å²) in [6.45, 7) is 1.69. The van der Waals surface area contributed by atoms with Crippen molar-refractivity contribution in [1.82, 2.24) is 9.36 Å². The molecule has 2 rings (SSSR count). The maximum absolute atomic E-state index is 11.6. The number of aliphatic hydroxyl groups is 1. The second-order valence-corrected chi connectivity index (χ2v) is 4.32. The Balaban J connectivity index is 2.39. The third-order valence-electron chi connectivity index (χ3n) is 1.94. The fourth-order valence-electron chi connectivity index (χ4n) is 1.16. The van der Waals surface area contributed by atoms with Crippen molar-refractivity contribution in [1.29, 1.82) is 0 Å². The van der Waals surface area contributed by atoms with E-state index in [0.29, 0.717) is 15.2 Å². The van der Waals surface area contributed by atoms with E-state index in [1.807, 2.05) is 0 Å². The minimum Gasteiger partial charge on any atom is -0.369 e. The topological polar surface area (TPSA) is 66.3 Å². The predicted molar refractivity (Wildman–Crippen MR) is 55.0 cm³/mol. The number of aromatic nitrogens is 2. The van der Waals surface area contributed by atoms with Crippen LogP contribution in [0.1, 0.15) is 6.92 Å². The Labute approximate surface area is 92.4 Å². The summed E-state index contributed by atoms with van der Waals surface area (Å²) in [5.74, 6) is -0.285. The van der Waals surface area contributed by atoms with Crippen molar-refractivity contribution in [3.8, 4) is 0 Å². The van der Waals surface area contributed by atoms with Crippen molar-refractivity contribution in [2.75, 3.05) is 4.90 Å². The highest BCUT2D eigenvalue weighted by Gasteiger charge is 2.37. The maximum Gasteiger partial charge on any atom is 0.269 e. The zero-order valence-corrected chi connectivity index (χ0v) is 9.54. The minimum absolute atomic E-state index is 0.285. The summed E-state index contributed by atoms with van der Waals surface area (Å²) in [5, 5.41) is 10.1. The number of carbonyl (C=O) groups excluding carboxylic acids is 1. The molecule has 1 aliphatic heterocycles. The Morgan fingerprint density at radius 2 is 2.43 bits per heavy atom. The van der Waals surface area contributed by atoms with Crippen molar-refractivity contribution >= 4 is 38.5 Å². The number of carbonyl (C=O) groups is 1. The molecule has 1 unspecified atom stereocenters. The second kappa shape index (κ2) is 3.41.